The second-order valence-electron chi connectivity index (χ2n) is 7.23. The van der Waals surface area contributed by atoms with Gasteiger partial charge in [-0.05, 0) is 46.7 Å². The fourth-order valence-electron chi connectivity index (χ4n) is 3.90. The molecule has 2 aromatic carbocycles. The predicted molar refractivity (Wildman–Crippen MR) is 112 cm³/mol. The van der Waals surface area contributed by atoms with Gasteiger partial charge < -0.3 is 10.6 Å². The number of hydrogen-bond donors (Lipinski definition) is 4. The number of sulfonamides is 1. The molecule has 156 valence electrons. The van der Waals surface area contributed by atoms with E-state index in [0.717, 1.165) is 31.5 Å². The molecule has 2 heterocycles. The molecule has 30 heavy (non-hydrogen) atoms. The third-order valence-electron chi connectivity index (χ3n) is 5.43. The van der Waals surface area contributed by atoms with E-state index in [1.807, 2.05) is 29.2 Å². The third-order valence-corrected chi connectivity index (χ3v) is 6.38. The molecule has 0 unspecified atom stereocenters. The topological polar surface area (TPSA) is 168 Å². The van der Waals surface area contributed by atoms with E-state index in [-0.39, 0.29) is 16.7 Å². The highest BCUT2D eigenvalue weighted by molar-refractivity contribution is 7.89. The van der Waals surface area contributed by atoms with Crippen molar-refractivity contribution in [3.05, 3.63) is 48.0 Å². The molecule has 11 heteroatoms. The van der Waals surface area contributed by atoms with E-state index in [0.29, 0.717) is 17.0 Å². The van der Waals surface area contributed by atoms with Gasteiger partial charge in [-0.15, -0.1) is 10.2 Å². The highest BCUT2D eigenvalue weighted by atomic mass is 32.2. The minimum absolute atomic E-state index is 0.0536. The van der Waals surface area contributed by atoms with E-state index in [4.69, 9.17) is 16.3 Å². The number of likely N-dealkylation sites (tertiary alicyclic amines) is 1. The fraction of sp³-hybridized carbons (Fsp3) is 0.263. The van der Waals surface area contributed by atoms with Gasteiger partial charge in [0.2, 0.25) is 15.8 Å². The number of piperidine rings is 1. The van der Waals surface area contributed by atoms with Gasteiger partial charge in [0, 0.05) is 13.1 Å². The van der Waals surface area contributed by atoms with Crippen LogP contribution in [0.1, 0.15) is 24.3 Å². The molecule has 3 aromatic rings. The molecule has 1 aliphatic rings. The van der Waals surface area contributed by atoms with Crippen molar-refractivity contribution < 1.29 is 8.42 Å². The van der Waals surface area contributed by atoms with Crippen LogP contribution in [-0.2, 0) is 10.0 Å². The summed E-state index contributed by atoms with van der Waals surface area (Å²) >= 11 is 0. The minimum Gasteiger partial charge on any atom is -0.370 e. The minimum atomic E-state index is -3.98. The molecule has 0 radical (unpaired) electrons. The first kappa shape index (κ1) is 20.0. The van der Waals surface area contributed by atoms with Gasteiger partial charge in [-0.1, -0.05) is 36.4 Å². The zero-order valence-electron chi connectivity index (χ0n) is 16.1. The van der Waals surface area contributed by atoms with E-state index in [1.165, 1.54) is 11.6 Å². The smallest absolute Gasteiger partial charge is 0.238 e. The van der Waals surface area contributed by atoms with E-state index < -0.39 is 10.0 Å². The molecule has 1 fully saturated rings. The summed E-state index contributed by atoms with van der Waals surface area (Å²) in [6.45, 7) is 1.53. The molecule has 1 saturated heterocycles. The Balaban J connectivity index is 1.68. The van der Waals surface area contributed by atoms with Gasteiger partial charge in [0.25, 0.3) is 0 Å². The number of benzene rings is 2. The summed E-state index contributed by atoms with van der Waals surface area (Å²) < 4.78 is 24.3. The molecule has 6 N–H and O–H groups in total. The van der Waals surface area contributed by atoms with Crippen LogP contribution in [0.5, 0.6) is 0 Å². The molecule has 10 nitrogen and oxygen atoms in total. The number of aromatic amines is 1. The van der Waals surface area contributed by atoms with Gasteiger partial charge >= 0.3 is 0 Å². The zero-order valence-corrected chi connectivity index (χ0v) is 16.9. The highest BCUT2D eigenvalue weighted by Crippen LogP contribution is 2.36. The van der Waals surface area contributed by atoms with Crippen molar-refractivity contribution in [2.75, 3.05) is 13.1 Å². The molecular weight excluding hydrogens is 404 g/mol. The fourth-order valence-corrected chi connectivity index (χ4v) is 4.65. The van der Waals surface area contributed by atoms with Crippen LogP contribution in [0.3, 0.4) is 0 Å². The van der Waals surface area contributed by atoms with Crippen LogP contribution < -0.4 is 10.9 Å². The van der Waals surface area contributed by atoms with Crippen molar-refractivity contribution in [1.82, 2.24) is 25.5 Å². The number of rotatable bonds is 4. The number of H-pyrrole nitrogens is 1. The quantitative estimate of drug-likeness (QED) is 0.359. The van der Waals surface area contributed by atoms with Crippen LogP contribution in [0.4, 0.5) is 0 Å². The molecule has 1 aliphatic heterocycles. The maximum absolute atomic E-state index is 12.1. The van der Waals surface area contributed by atoms with Crippen LogP contribution in [0.15, 0.2) is 47.4 Å². The summed E-state index contributed by atoms with van der Waals surface area (Å²) in [6, 6.07) is 12.9. The summed E-state index contributed by atoms with van der Waals surface area (Å²) in [4.78, 5) is 1.82. The van der Waals surface area contributed by atoms with E-state index in [1.54, 1.807) is 12.1 Å². The second-order valence-corrected chi connectivity index (χ2v) is 8.76. The Kier molecular flexibility index (Phi) is 5.22. The number of tetrazole rings is 1. The summed E-state index contributed by atoms with van der Waals surface area (Å²) in [7, 11) is -3.98. The molecule has 1 aromatic heterocycles. The van der Waals surface area contributed by atoms with Gasteiger partial charge in [0.1, 0.15) is 0 Å². The van der Waals surface area contributed by atoms with Crippen molar-refractivity contribution in [3.63, 3.8) is 0 Å². The molecule has 0 saturated carbocycles. The molecule has 4 rings (SSSR count). The number of hydrogen-bond acceptors (Lipinski definition) is 6. The lowest BCUT2D eigenvalue weighted by Gasteiger charge is -2.32. The first-order valence-electron chi connectivity index (χ1n) is 9.43. The largest absolute Gasteiger partial charge is 0.370 e. The number of nitrogens with two attached hydrogens (primary N) is 2. The Bertz CT molecular complexity index is 1150. The normalized spacial score (nSPS) is 15.3. The predicted octanol–water partition coefficient (Wildman–Crippen LogP) is 1.25. The zero-order chi connectivity index (χ0) is 21.3. The average molecular weight is 427 g/mol. The Morgan fingerprint density at radius 3 is 2.40 bits per heavy atom. The average Bonchev–Trinajstić information content (AvgIpc) is 3.27. The lowest BCUT2D eigenvalue weighted by molar-refractivity contribution is 0.309. The van der Waals surface area contributed by atoms with Gasteiger partial charge in [0.05, 0.1) is 10.5 Å². The van der Waals surface area contributed by atoms with Crippen molar-refractivity contribution in [2.45, 2.75) is 23.7 Å². The van der Waals surface area contributed by atoms with Crippen molar-refractivity contribution >= 4 is 16.0 Å². The number of aromatic nitrogens is 4. The van der Waals surface area contributed by atoms with Gasteiger partial charge in [0.15, 0.2) is 5.96 Å². The van der Waals surface area contributed by atoms with Crippen LogP contribution >= 0.6 is 0 Å². The van der Waals surface area contributed by atoms with Gasteiger partial charge in [-0.25, -0.2) is 13.6 Å². The molecular formula is C19H22N8O2S. The Labute approximate surface area is 173 Å². The summed E-state index contributed by atoms with van der Waals surface area (Å²) in [5.41, 5.74) is 8.57. The second kappa shape index (κ2) is 7.84. The molecule has 0 bridgehead atoms. The lowest BCUT2D eigenvalue weighted by Crippen LogP contribution is -2.41. The van der Waals surface area contributed by atoms with E-state index in [9.17, 15) is 8.42 Å². The monoisotopic (exact) mass is 426 g/mol. The standard InChI is InChI=1S/C19H22N8O2S/c20-19(21)27-10-8-13(9-11-27)12-4-6-14(7-5-12)15-2-1-3-16(30(22,28)29)17(15)18-23-25-26-24-18/h1-7,13H,8-11H2,(H3,20,21)(H2,22,28,29)(H,23,24,25,26). The number of nitrogens with zero attached hydrogens (tertiary/aromatic N) is 4. The first-order valence-corrected chi connectivity index (χ1v) is 11.0. The maximum Gasteiger partial charge on any atom is 0.238 e. The summed E-state index contributed by atoms with van der Waals surface area (Å²) in [5, 5.41) is 26.8. The molecule has 0 aliphatic carbocycles. The van der Waals surface area contributed by atoms with Crippen molar-refractivity contribution in [2.24, 2.45) is 10.9 Å². The van der Waals surface area contributed by atoms with Crippen LogP contribution in [0, 0.1) is 5.41 Å². The molecule has 0 atom stereocenters. The van der Waals surface area contributed by atoms with Gasteiger partial charge in [-0.2, -0.15) is 5.21 Å². The number of guanidine groups is 1. The van der Waals surface area contributed by atoms with E-state index in [2.05, 4.69) is 20.6 Å². The van der Waals surface area contributed by atoms with Crippen molar-refractivity contribution in [3.8, 4) is 22.5 Å². The van der Waals surface area contributed by atoms with Gasteiger partial charge in [-0.3, -0.25) is 5.41 Å². The van der Waals surface area contributed by atoms with Crippen LogP contribution in [0.2, 0.25) is 0 Å². The number of nitrogens with one attached hydrogen (secondary N) is 2. The van der Waals surface area contributed by atoms with Crippen LogP contribution in [0.25, 0.3) is 22.5 Å². The highest BCUT2D eigenvalue weighted by Gasteiger charge is 2.24. The number of primary sulfonamides is 1. The Morgan fingerprint density at radius 2 is 1.83 bits per heavy atom. The van der Waals surface area contributed by atoms with E-state index >= 15 is 0 Å². The Morgan fingerprint density at radius 1 is 1.13 bits per heavy atom. The summed E-state index contributed by atoms with van der Waals surface area (Å²) in [6.07, 6.45) is 1.85. The molecule has 0 spiro atoms. The SMILES string of the molecule is N=C(N)N1CCC(c2ccc(-c3cccc(S(N)(=O)=O)c3-c3nn[nH]n3)cc2)CC1. The summed E-state index contributed by atoms with van der Waals surface area (Å²) in [5.74, 6) is 0.671. The molecule has 0 amide bonds. The van der Waals surface area contributed by atoms with Crippen molar-refractivity contribution in [1.29, 1.82) is 5.41 Å². The first-order chi connectivity index (χ1) is 14.3. The maximum atomic E-state index is 12.1. The third kappa shape index (κ3) is 3.89. The van der Waals surface area contributed by atoms with Crippen LogP contribution in [-0.4, -0.2) is 53.0 Å². The lowest BCUT2D eigenvalue weighted by atomic mass is 9.88. The Hall–Kier alpha value is -3.31.